The van der Waals surface area contributed by atoms with Crippen LogP contribution in [0.1, 0.15) is 17.5 Å². The molecule has 2 heterocycles. The second-order valence-corrected chi connectivity index (χ2v) is 7.07. The molecule has 3 rings (SSSR count). The van der Waals surface area contributed by atoms with Crippen molar-refractivity contribution in [1.82, 2.24) is 14.7 Å². The van der Waals surface area contributed by atoms with Crippen LogP contribution in [0.15, 0.2) is 35.3 Å². The van der Waals surface area contributed by atoms with Crippen LogP contribution in [0.5, 0.6) is 0 Å². The minimum atomic E-state index is -0.0677. The van der Waals surface area contributed by atoms with Crippen molar-refractivity contribution in [1.29, 1.82) is 0 Å². The average molecular weight is 371 g/mol. The highest BCUT2D eigenvalue weighted by Gasteiger charge is 2.18. The molecule has 0 unspecified atom stereocenters. The lowest BCUT2D eigenvalue weighted by Gasteiger charge is -2.37. The SMILES string of the molecule is Cc1c(NCc2ccccc2N2CCN(CCCN)CC2)cnn(C)c1=O. The molecule has 0 spiro atoms. The second kappa shape index (κ2) is 9.01. The molecular formula is C20H30N6O. The monoisotopic (exact) mass is 370 g/mol. The Morgan fingerprint density at radius 3 is 2.67 bits per heavy atom. The maximum atomic E-state index is 12.1. The first-order valence-corrected chi connectivity index (χ1v) is 9.62. The lowest BCUT2D eigenvalue weighted by atomic mass is 10.1. The molecule has 1 aromatic heterocycles. The van der Waals surface area contributed by atoms with Gasteiger partial charge >= 0.3 is 0 Å². The van der Waals surface area contributed by atoms with Gasteiger partial charge in [0.2, 0.25) is 0 Å². The number of nitrogens with two attached hydrogens (primary N) is 1. The van der Waals surface area contributed by atoms with Crippen molar-refractivity contribution in [2.45, 2.75) is 19.9 Å². The van der Waals surface area contributed by atoms with Gasteiger partial charge in [-0.3, -0.25) is 9.69 Å². The Morgan fingerprint density at radius 1 is 1.19 bits per heavy atom. The molecule has 1 aromatic carbocycles. The summed E-state index contributed by atoms with van der Waals surface area (Å²) in [5, 5.41) is 7.50. The molecule has 7 nitrogen and oxygen atoms in total. The third-order valence-electron chi connectivity index (χ3n) is 5.23. The van der Waals surface area contributed by atoms with Crippen LogP contribution in [0.3, 0.4) is 0 Å². The number of para-hydroxylation sites is 1. The summed E-state index contributed by atoms with van der Waals surface area (Å²) in [5.74, 6) is 0. The third-order valence-corrected chi connectivity index (χ3v) is 5.23. The highest BCUT2D eigenvalue weighted by atomic mass is 16.1. The molecule has 0 saturated carbocycles. The number of piperazine rings is 1. The Labute approximate surface area is 160 Å². The molecule has 0 radical (unpaired) electrons. The normalized spacial score (nSPS) is 15.1. The first kappa shape index (κ1) is 19.4. The number of anilines is 2. The van der Waals surface area contributed by atoms with Crippen molar-refractivity contribution >= 4 is 11.4 Å². The number of hydrogen-bond donors (Lipinski definition) is 2. The molecule has 1 aliphatic heterocycles. The minimum Gasteiger partial charge on any atom is -0.379 e. The number of nitrogens with zero attached hydrogens (tertiary/aromatic N) is 4. The lowest BCUT2D eigenvalue weighted by molar-refractivity contribution is 0.256. The molecule has 1 aliphatic rings. The standard InChI is InChI=1S/C20H30N6O/c1-16-18(15-23-24(2)20(16)27)22-14-17-6-3-4-7-19(17)26-12-10-25(11-13-26)9-5-8-21/h3-4,6-7,15,22H,5,8-14,21H2,1-2H3. The molecule has 0 aliphatic carbocycles. The summed E-state index contributed by atoms with van der Waals surface area (Å²) in [6, 6.07) is 8.48. The summed E-state index contributed by atoms with van der Waals surface area (Å²) in [5.41, 5.74) is 9.53. The Kier molecular flexibility index (Phi) is 6.47. The van der Waals surface area contributed by atoms with Gasteiger partial charge in [-0.2, -0.15) is 5.10 Å². The van der Waals surface area contributed by atoms with Gasteiger partial charge in [-0.05, 0) is 38.1 Å². The number of aryl methyl sites for hydroxylation is 1. The van der Waals surface area contributed by atoms with Crippen LogP contribution in [0.2, 0.25) is 0 Å². The number of nitrogens with one attached hydrogen (secondary N) is 1. The van der Waals surface area contributed by atoms with E-state index >= 15 is 0 Å². The summed E-state index contributed by atoms with van der Waals surface area (Å²) in [6.07, 6.45) is 2.78. The van der Waals surface area contributed by atoms with E-state index in [1.165, 1.54) is 15.9 Å². The van der Waals surface area contributed by atoms with E-state index in [-0.39, 0.29) is 5.56 Å². The van der Waals surface area contributed by atoms with E-state index in [1.807, 2.05) is 6.92 Å². The van der Waals surface area contributed by atoms with Crippen LogP contribution < -0.4 is 21.5 Å². The highest BCUT2D eigenvalue weighted by molar-refractivity contribution is 5.56. The van der Waals surface area contributed by atoms with E-state index in [1.54, 1.807) is 13.2 Å². The largest absolute Gasteiger partial charge is 0.379 e. The summed E-state index contributed by atoms with van der Waals surface area (Å²) in [4.78, 5) is 17.0. The van der Waals surface area contributed by atoms with Gasteiger partial charge in [0.1, 0.15) is 0 Å². The fourth-order valence-corrected chi connectivity index (χ4v) is 3.52. The first-order chi connectivity index (χ1) is 13.1. The van der Waals surface area contributed by atoms with Gasteiger partial charge in [-0.15, -0.1) is 0 Å². The fraction of sp³-hybridized carbons (Fsp3) is 0.500. The maximum absolute atomic E-state index is 12.1. The van der Waals surface area contributed by atoms with Gasteiger partial charge < -0.3 is 16.0 Å². The molecule has 7 heteroatoms. The molecule has 1 saturated heterocycles. The van der Waals surface area contributed by atoms with Crippen LogP contribution in [0.4, 0.5) is 11.4 Å². The molecule has 146 valence electrons. The predicted octanol–water partition coefficient (Wildman–Crippen LogP) is 1.17. The van der Waals surface area contributed by atoms with Gasteiger partial charge in [0, 0.05) is 51.0 Å². The topological polar surface area (TPSA) is 79.4 Å². The van der Waals surface area contributed by atoms with E-state index < -0.39 is 0 Å². The number of hydrogen-bond acceptors (Lipinski definition) is 6. The van der Waals surface area contributed by atoms with E-state index in [0.717, 1.165) is 51.4 Å². The summed E-state index contributed by atoms with van der Waals surface area (Å²) in [7, 11) is 1.67. The Morgan fingerprint density at radius 2 is 1.93 bits per heavy atom. The summed E-state index contributed by atoms with van der Waals surface area (Å²) < 4.78 is 1.36. The third kappa shape index (κ3) is 4.67. The van der Waals surface area contributed by atoms with Crippen molar-refractivity contribution in [3.05, 3.63) is 51.9 Å². The number of rotatable bonds is 7. The van der Waals surface area contributed by atoms with Gasteiger partial charge in [-0.1, -0.05) is 18.2 Å². The maximum Gasteiger partial charge on any atom is 0.271 e. The zero-order chi connectivity index (χ0) is 19.2. The Balaban J connectivity index is 1.67. The van der Waals surface area contributed by atoms with Crippen LogP contribution >= 0.6 is 0 Å². The highest BCUT2D eigenvalue weighted by Crippen LogP contribution is 2.23. The van der Waals surface area contributed by atoms with Crippen LogP contribution in [-0.4, -0.2) is 53.9 Å². The quantitative estimate of drug-likeness (QED) is 0.762. The van der Waals surface area contributed by atoms with Crippen LogP contribution in [0, 0.1) is 6.92 Å². The predicted molar refractivity (Wildman–Crippen MR) is 110 cm³/mol. The van der Waals surface area contributed by atoms with E-state index in [9.17, 15) is 4.79 Å². The van der Waals surface area contributed by atoms with E-state index in [2.05, 4.69) is 44.5 Å². The van der Waals surface area contributed by atoms with Crippen LogP contribution in [0.25, 0.3) is 0 Å². The van der Waals surface area contributed by atoms with Crippen LogP contribution in [-0.2, 0) is 13.6 Å². The van der Waals surface area contributed by atoms with Gasteiger partial charge in [0.05, 0.1) is 11.9 Å². The van der Waals surface area contributed by atoms with Crippen molar-refractivity contribution in [3.8, 4) is 0 Å². The Hall–Kier alpha value is -2.38. The molecule has 27 heavy (non-hydrogen) atoms. The lowest BCUT2D eigenvalue weighted by Crippen LogP contribution is -2.47. The van der Waals surface area contributed by atoms with Crippen molar-refractivity contribution < 1.29 is 0 Å². The summed E-state index contributed by atoms with van der Waals surface area (Å²) in [6.45, 7) is 8.52. The molecule has 0 atom stereocenters. The molecule has 3 N–H and O–H groups in total. The van der Waals surface area contributed by atoms with E-state index in [0.29, 0.717) is 12.1 Å². The molecule has 0 bridgehead atoms. The Bertz CT molecular complexity index is 810. The van der Waals surface area contributed by atoms with Gasteiger partial charge in [0.15, 0.2) is 0 Å². The average Bonchev–Trinajstić information content (AvgIpc) is 2.71. The smallest absolute Gasteiger partial charge is 0.271 e. The molecule has 0 amide bonds. The van der Waals surface area contributed by atoms with Crippen molar-refractivity contribution in [2.24, 2.45) is 12.8 Å². The first-order valence-electron chi connectivity index (χ1n) is 9.62. The van der Waals surface area contributed by atoms with Gasteiger partial charge in [-0.25, -0.2) is 4.68 Å². The second-order valence-electron chi connectivity index (χ2n) is 7.07. The van der Waals surface area contributed by atoms with Gasteiger partial charge in [0.25, 0.3) is 5.56 Å². The molecule has 1 fully saturated rings. The van der Waals surface area contributed by atoms with E-state index in [4.69, 9.17) is 5.73 Å². The fourth-order valence-electron chi connectivity index (χ4n) is 3.52. The molecular weight excluding hydrogens is 340 g/mol. The van der Waals surface area contributed by atoms with Crippen molar-refractivity contribution in [3.63, 3.8) is 0 Å². The zero-order valence-corrected chi connectivity index (χ0v) is 16.3. The molecule has 2 aromatic rings. The number of aromatic nitrogens is 2. The summed E-state index contributed by atoms with van der Waals surface area (Å²) >= 11 is 0. The number of benzene rings is 1. The van der Waals surface area contributed by atoms with Crippen molar-refractivity contribution in [2.75, 3.05) is 49.5 Å². The minimum absolute atomic E-state index is 0.0677. The zero-order valence-electron chi connectivity index (χ0n) is 16.3.